The van der Waals surface area contributed by atoms with Crippen LogP contribution in [-0.4, -0.2) is 51.2 Å². The van der Waals surface area contributed by atoms with Crippen molar-refractivity contribution >= 4 is 26.7 Å². The van der Waals surface area contributed by atoms with Gasteiger partial charge in [0.15, 0.2) is 0 Å². The normalized spacial score (nSPS) is 14.2. The standard InChI is InChI=1S/C19H22N4O3S/c1-20-9-7-14-13-23(17-4-3-8-21-19(14)17)27(24,25)15-5-6-16-18(12-15)26-11-10-22(16)2/h3-6,8,12-13,20H,7,9-11H2,1-2H3. The Bertz CT molecular complexity index is 1090. The SMILES string of the molecule is CNCCc1cn(S(=O)(=O)c2ccc3c(c2)OCCN3C)c2cccnc12. The monoisotopic (exact) mass is 386 g/mol. The van der Waals surface area contributed by atoms with Crippen LogP contribution in [-0.2, 0) is 16.4 Å². The van der Waals surface area contributed by atoms with Crippen LogP contribution in [0, 0.1) is 0 Å². The Morgan fingerprint density at radius 1 is 1.30 bits per heavy atom. The van der Waals surface area contributed by atoms with Gasteiger partial charge in [-0.25, -0.2) is 12.4 Å². The largest absolute Gasteiger partial charge is 0.490 e. The van der Waals surface area contributed by atoms with Gasteiger partial charge in [0.1, 0.15) is 12.4 Å². The highest BCUT2D eigenvalue weighted by Crippen LogP contribution is 2.34. The van der Waals surface area contributed by atoms with Gasteiger partial charge in [0, 0.05) is 25.5 Å². The molecule has 0 radical (unpaired) electrons. The topological polar surface area (TPSA) is 76.5 Å². The lowest BCUT2D eigenvalue weighted by atomic mass is 10.2. The quantitative estimate of drug-likeness (QED) is 0.721. The van der Waals surface area contributed by atoms with Crippen LogP contribution in [0.2, 0.25) is 0 Å². The van der Waals surface area contributed by atoms with Crippen LogP contribution in [0.15, 0.2) is 47.6 Å². The van der Waals surface area contributed by atoms with Crippen LogP contribution >= 0.6 is 0 Å². The van der Waals surface area contributed by atoms with E-state index in [2.05, 4.69) is 15.2 Å². The van der Waals surface area contributed by atoms with E-state index in [1.165, 1.54) is 3.97 Å². The van der Waals surface area contributed by atoms with Crippen molar-refractivity contribution in [3.05, 3.63) is 48.3 Å². The maximum absolute atomic E-state index is 13.4. The molecule has 1 aliphatic heterocycles. The number of hydrogen-bond acceptors (Lipinski definition) is 6. The Balaban J connectivity index is 1.83. The number of pyridine rings is 1. The van der Waals surface area contributed by atoms with Gasteiger partial charge in [-0.05, 0) is 49.8 Å². The highest BCUT2D eigenvalue weighted by atomic mass is 32.2. The minimum Gasteiger partial charge on any atom is -0.490 e. The van der Waals surface area contributed by atoms with Gasteiger partial charge in [-0.3, -0.25) is 4.98 Å². The third-order valence-corrected chi connectivity index (χ3v) is 6.50. The lowest BCUT2D eigenvalue weighted by Gasteiger charge is -2.27. The molecule has 0 amide bonds. The van der Waals surface area contributed by atoms with E-state index in [1.54, 1.807) is 42.7 Å². The van der Waals surface area contributed by atoms with E-state index in [1.807, 2.05) is 14.1 Å². The number of benzene rings is 1. The molecule has 0 atom stereocenters. The fourth-order valence-corrected chi connectivity index (χ4v) is 4.74. The van der Waals surface area contributed by atoms with Gasteiger partial charge in [0.05, 0.1) is 28.2 Å². The summed E-state index contributed by atoms with van der Waals surface area (Å²) in [4.78, 5) is 6.66. The Morgan fingerprint density at radius 3 is 2.96 bits per heavy atom. The van der Waals surface area contributed by atoms with E-state index in [0.29, 0.717) is 29.8 Å². The van der Waals surface area contributed by atoms with E-state index >= 15 is 0 Å². The summed E-state index contributed by atoms with van der Waals surface area (Å²) in [6.07, 6.45) is 4.06. The third kappa shape index (κ3) is 3.04. The zero-order valence-electron chi connectivity index (χ0n) is 15.3. The van der Waals surface area contributed by atoms with Crippen LogP contribution in [0.4, 0.5) is 5.69 Å². The summed E-state index contributed by atoms with van der Waals surface area (Å²) in [7, 11) is 0.0725. The van der Waals surface area contributed by atoms with E-state index in [4.69, 9.17) is 4.74 Å². The molecular formula is C19H22N4O3S. The molecule has 142 valence electrons. The molecule has 1 N–H and O–H groups in total. The molecule has 2 aromatic heterocycles. The van der Waals surface area contributed by atoms with Crippen LogP contribution in [0.1, 0.15) is 5.56 Å². The minimum absolute atomic E-state index is 0.206. The molecule has 0 unspecified atom stereocenters. The molecule has 0 aliphatic carbocycles. The number of aromatic nitrogens is 2. The van der Waals surface area contributed by atoms with Crippen molar-refractivity contribution in [2.45, 2.75) is 11.3 Å². The van der Waals surface area contributed by atoms with E-state index < -0.39 is 10.0 Å². The van der Waals surface area contributed by atoms with Crippen molar-refractivity contribution in [3.63, 3.8) is 0 Å². The molecule has 4 rings (SSSR count). The van der Waals surface area contributed by atoms with Gasteiger partial charge in [-0.2, -0.15) is 0 Å². The molecule has 0 fully saturated rings. The van der Waals surface area contributed by atoms with Gasteiger partial charge in [-0.15, -0.1) is 0 Å². The second-order valence-corrected chi connectivity index (χ2v) is 8.39. The van der Waals surface area contributed by atoms with Gasteiger partial charge in [0.25, 0.3) is 10.0 Å². The first kappa shape index (κ1) is 17.8. The van der Waals surface area contributed by atoms with Gasteiger partial charge in [-0.1, -0.05) is 0 Å². The number of ether oxygens (including phenoxy) is 1. The highest BCUT2D eigenvalue weighted by molar-refractivity contribution is 7.90. The number of likely N-dealkylation sites (N-methyl/N-ethyl adjacent to an activating group) is 2. The Labute approximate surface area is 158 Å². The third-order valence-electron chi connectivity index (χ3n) is 4.83. The lowest BCUT2D eigenvalue weighted by molar-refractivity contribution is 0.310. The summed E-state index contributed by atoms with van der Waals surface area (Å²) in [6, 6.07) is 8.57. The Kier molecular flexibility index (Phi) is 4.53. The zero-order valence-corrected chi connectivity index (χ0v) is 16.2. The number of hydrogen-bond donors (Lipinski definition) is 1. The van der Waals surface area contributed by atoms with Crippen molar-refractivity contribution in [1.82, 2.24) is 14.3 Å². The molecule has 8 heteroatoms. The van der Waals surface area contributed by atoms with Crippen molar-refractivity contribution in [2.75, 3.05) is 38.7 Å². The predicted octanol–water partition coefficient (Wildman–Crippen LogP) is 1.86. The van der Waals surface area contributed by atoms with Crippen LogP contribution < -0.4 is 15.0 Å². The average Bonchev–Trinajstić information content (AvgIpc) is 3.06. The molecule has 1 aromatic carbocycles. The maximum atomic E-state index is 13.4. The smallest absolute Gasteiger partial charge is 0.268 e. The predicted molar refractivity (Wildman–Crippen MR) is 105 cm³/mol. The summed E-state index contributed by atoms with van der Waals surface area (Å²) < 4.78 is 33.7. The Morgan fingerprint density at radius 2 is 2.15 bits per heavy atom. The fourth-order valence-electron chi connectivity index (χ4n) is 3.35. The molecule has 3 heterocycles. The van der Waals surface area contributed by atoms with Crippen molar-refractivity contribution in [1.29, 1.82) is 0 Å². The fraction of sp³-hybridized carbons (Fsp3) is 0.316. The molecule has 3 aromatic rings. The first-order valence-electron chi connectivity index (χ1n) is 8.85. The number of fused-ring (bicyclic) bond motifs is 2. The van der Waals surface area contributed by atoms with Crippen molar-refractivity contribution in [2.24, 2.45) is 0 Å². The van der Waals surface area contributed by atoms with Crippen LogP contribution in [0.25, 0.3) is 11.0 Å². The van der Waals surface area contributed by atoms with E-state index in [9.17, 15) is 8.42 Å². The van der Waals surface area contributed by atoms with E-state index in [0.717, 1.165) is 24.3 Å². The average molecular weight is 386 g/mol. The maximum Gasteiger partial charge on any atom is 0.268 e. The van der Waals surface area contributed by atoms with Crippen molar-refractivity contribution in [3.8, 4) is 5.75 Å². The van der Waals surface area contributed by atoms with Gasteiger partial charge >= 0.3 is 0 Å². The Hall–Kier alpha value is -2.58. The first-order valence-corrected chi connectivity index (χ1v) is 10.3. The summed E-state index contributed by atoms with van der Waals surface area (Å²) in [5, 5.41) is 3.09. The summed E-state index contributed by atoms with van der Waals surface area (Å²) in [5.74, 6) is 0.592. The highest BCUT2D eigenvalue weighted by Gasteiger charge is 2.24. The first-order chi connectivity index (χ1) is 13.0. The molecular weight excluding hydrogens is 364 g/mol. The molecule has 1 aliphatic rings. The van der Waals surface area contributed by atoms with Gasteiger partial charge < -0.3 is 15.0 Å². The second-order valence-electron chi connectivity index (χ2n) is 6.58. The van der Waals surface area contributed by atoms with Crippen LogP contribution in [0.5, 0.6) is 5.75 Å². The summed E-state index contributed by atoms with van der Waals surface area (Å²) in [6.45, 7) is 2.06. The second kappa shape index (κ2) is 6.86. The lowest BCUT2D eigenvalue weighted by Crippen LogP contribution is -2.29. The van der Waals surface area contributed by atoms with E-state index in [-0.39, 0.29) is 4.90 Å². The van der Waals surface area contributed by atoms with Crippen molar-refractivity contribution < 1.29 is 13.2 Å². The zero-order chi connectivity index (χ0) is 19.0. The number of nitrogens with one attached hydrogen (secondary N) is 1. The van der Waals surface area contributed by atoms with Gasteiger partial charge in [0.2, 0.25) is 0 Å². The molecule has 7 nitrogen and oxygen atoms in total. The molecule has 0 saturated carbocycles. The summed E-state index contributed by atoms with van der Waals surface area (Å²) >= 11 is 0. The number of anilines is 1. The molecule has 0 saturated heterocycles. The minimum atomic E-state index is -3.76. The number of rotatable bonds is 5. The number of nitrogens with zero attached hydrogens (tertiary/aromatic N) is 3. The summed E-state index contributed by atoms with van der Waals surface area (Å²) in [5.41, 5.74) is 3.09. The molecule has 0 bridgehead atoms. The molecule has 27 heavy (non-hydrogen) atoms. The van der Waals surface area contributed by atoms with Crippen LogP contribution in [0.3, 0.4) is 0 Å². The molecule has 0 spiro atoms.